The van der Waals surface area contributed by atoms with Crippen molar-refractivity contribution in [1.29, 1.82) is 0 Å². The van der Waals surface area contributed by atoms with Crippen LogP contribution in [-0.4, -0.2) is 10.7 Å². The van der Waals surface area contributed by atoms with Crippen LogP contribution in [0.3, 0.4) is 0 Å². The zero-order valence-electron chi connectivity index (χ0n) is 43.4. The molecule has 368 valence electrons. The third kappa shape index (κ3) is 34.2. The number of unbranched alkanes of at least 4 members (excludes halogenated alkanes) is 29. The summed E-state index contributed by atoms with van der Waals surface area (Å²) in [6.07, 6.45) is 48.8. The molecule has 2 nitrogen and oxygen atoms in total. The van der Waals surface area contributed by atoms with Crippen LogP contribution in [0.25, 0.3) is 11.1 Å². The fraction of sp³-hybridized carbons (Fsp3) is 0.705. The average Bonchev–Trinajstić information content (AvgIpc) is 3.32. The molecule has 2 aromatic rings. The first kappa shape index (κ1) is 63.9. The van der Waals surface area contributed by atoms with Gasteiger partial charge in [-0.1, -0.05) is 262 Å². The van der Waals surface area contributed by atoms with Gasteiger partial charge in [-0.2, -0.15) is 13.8 Å². The number of hydrogen-bond donors (Lipinski definition) is 0. The monoisotopic (exact) mass is 923 g/mol. The predicted octanol–water partition coefficient (Wildman–Crippen LogP) is 20.8. The van der Waals surface area contributed by atoms with Crippen LogP contribution in [0.4, 0.5) is 0 Å². The molecule has 0 fully saturated rings. The summed E-state index contributed by atoms with van der Waals surface area (Å²) < 4.78 is 0. The third-order valence-corrected chi connectivity index (χ3v) is 12.8. The maximum atomic E-state index is 10.00. The van der Waals surface area contributed by atoms with Crippen LogP contribution in [-0.2, 0) is 29.3 Å². The molecule has 2 aromatic carbocycles. The maximum absolute atomic E-state index is 10.00. The molecule has 0 aliphatic carbocycles. The van der Waals surface area contributed by atoms with E-state index in [1.807, 2.05) is 0 Å². The summed E-state index contributed by atoms with van der Waals surface area (Å²) in [5.74, 6) is 3.16. The minimum Gasteiger partial charge on any atom is -0.348 e. The van der Waals surface area contributed by atoms with E-state index in [0.29, 0.717) is 0 Å². The van der Waals surface area contributed by atoms with Crippen LogP contribution < -0.4 is 0 Å². The van der Waals surface area contributed by atoms with E-state index in [0.717, 1.165) is 44.1 Å². The van der Waals surface area contributed by atoms with Crippen molar-refractivity contribution in [2.24, 2.45) is 0 Å². The Morgan fingerprint density at radius 3 is 1.00 bits per heavy atom. The largest absolute Gasteiger partial charge is 2.00 e. The SMILES string of the molecule is CCCCCCCCCCCCCCCCCCCCCCCC(=C=[N+]=[N-])C(CCCCCCCC)=C(c1ccc(CCCC)cc1)c1ccc(CCCCCC)cc1.[CH2-]C.[CH2-]C.[Ni+2]. The van der Waals surface area contributed by atoms with Gasteiger partial charge in [0, 0.05) is 0 Å². The molecule has 0 spiro atoms. The van der Waals surface area contributed by atoms with E-state index in [2.05, 4.69) is 101 Å². The van der Waals surface area contributed by atoms with Crippen molar-refractivity contribution in [3.05, 3.63) is 101 Å². The molecule has 0 unspecified atom stereocenters. The Morgan fingerprint density at radius 2 is 0.672 bits per heavy atom. The minimum atomic E-state index is 0. The van der Waals surface area contributed by atoms with Crippen molar-refractivity contribution in [1.82, 2.24) is 0 Å². The summed E-state index contributed by atoms with van der Waals surface area (Å²) >= 11 is 0. The molecule has 0 saturated heterocycles. The van der Waals surface area contributed by atoms with Crippen molar-refractivity contribution in [2.45, 2.75) is 279 Å². The first-order valence-electron chi connectivity index (χ1n) is 27.5. The summed E-state index contributed by atoms with van der Waals surface area (Å²) in [4.78, 5) is 3.59. The molecule has 0 aromatic heterocycles. The molecule has 0 atom stereocenters. The number of nitrogens with zero attached hydrogens (tertiary/aromatic N) is 2. The number of benzene rings is 2. The van der Waals surface area contributed by atoms with E-state index < -0.39 is 0 Å². The quantitative estimate of drug-likeness (QED) is 0.0121. The van der Waals surface area contributed by atoms with E-state index in [9.17, 15) is 5.53 Å². The second-order valence-electron chi connectivity index (χ2n) is 18.2. The molecular weight excluding hydrogens is 819 g/mol. The fourth-order valence-corrected chi connectivity index (χ4v) is 8.91. The van der Waals surface area contributed by atoms with Gasteiger partial charge in [0.15, 0.2) is 0 Å². The van der Waals surface area contributed by atoms with Gasteiger partial charge in [-0.3, -0.25) is 0 Å². The Labute approximate surface area is 411 Å². The zero-order chi connectivity index (χ0) is 46.3. The van der Waals surface area contributed by atoms with Crippen LogP contribution in [0.1, 0.15) is 289 Å². The molecule has 3 heteroatoms. The molecule has 0 radical (unpaired) electrons. The van der Waals surface area contributed by atoms with Crippen molar-refractivity contribution in [2.75, 3.05) is 0 Å². The van der Waals surface area contributed by atoms with Crippen LogP contribution >= 0.6 is 0 Å². The van der Waals surface area contributed by atoms with Crippen LogP contribution in [0.5, 0.6) is 0 Å². The number of aryl methyl sites for hydroxylation is 2. The zero-order valence-corrected chi connectivity index (χ0v) is 44.4. The van der Waals surface area contributed by atoms with Gasteiger partial charge in [-0.25, -0.2) is 0 Å². The molecule has 64 heavy (non-hydrogen) atoms. The Bertz CT molecular complexity index is 1380. The normalized spacial score (nSPS) is 11.0. The molecule has 0 amide bonds. The maximum Gasteiger partial charge on any atom is 2.00 e. The third-order valence-electron chi connectivity index (χ3n) is 12.8. The predicted molar refractivity (Wildman–Crippen MR) is 285 cm³/mol. The summed E-state index contributed by atoms with van der Waals surface area (Å²) in [5.41, 5.74) is 19.2. The number of rotatable bonds is 40. The van der Waals surface area contributed by atoms with Gasteiger partial charge in [0.2, 0.25) is 0 Å². The molecule has 2 rings (SSSR count). The minimum absolute atomic E-state index is 0. The van der Waals surface area contributed by atoms with E-state index in [1.54, 1.807) is 13.8 Å². The first-order valence-corrected chi connectivity index (χ1v) is 27.5. The van der Waals surface area contributed by atoms with Crippen LogP contribution in [0.2, 0.25) is 0 Å². The van der Waals surface area contributed by atoms with E-state index in [1.165, 1.54) is 232 Å². The second-order valence-corrected chi connectivity index (χ2v) is 18.2. The van der Waals surface area contributed by atoms with Gasteiger partial charge < -0.3 is 19.4 Å². The van der Waals surface area contributed by atoms with E-state index in [4.69, 9.17) is 0 Å². The van der Waals surface area contributed by atoms with Gasteiger partial charge in [0.25, 0.3) is 0 Å². The van der Waals surface area contributed by atoms with Crippen molar-refractivity contribution in [3.8, 4) is 0 Å². The average molecular weight is 924 g/mol. The van der Waals surface area contributed by atoms with Crippen molar-refractivity contribution >= 4 is 11.4 Å². The molecule has 0 saturated carbocycles. The first-order chi connectivity index (χ1) is 31.2. The number of allylic oxidation sites excluding steroid dienone is 2. The Balaban J connectivity index is 0. The van der Waals surface area contributed by atoms with E-state index in [-0.39, 0.29) is 16.5 Å². The smallest absolute Gasteiger partial charge is 0.348 e. The second kappa shape index (κ2) is 50.3. The van der Waals surface area contributed by atoms with Gasteiger partial charge in [-0.15, -0.1) is 4.79 Å². The van der Waals surface area contributed by atoms with Crippen molar-refractivity contribution in [3.63, 3.8) is 0 Å². The Morgan fingerprint density at radius 1 is 0.391 bits per heavy atom. The standard InChI is InChI=1S/C57H94N2.2C2H5.Ni/c1-5-9-13-16-18-19-20-21-22-23-24-25-26-27-28-29-30-31-32-33-36-40-55(50-59-58)56(41-37-34-17-14-10-6-2)57(53-46-42-51(43-47-53)38-12-8-4)54-48-44-52(45-49-54)39-35-15-11-7-3;2*1-2;/h42-49H,5-41H2,1-4H3;2*1H2,2H3;/q;2*-1;+2. The molecular formula is C61H104N2Ni. The number of hydrogen-bond acceptors (Lipinski definition) is 0. The van der Waals surface area contributed by atoms with Gasteiger partial charge >= 0.3 is 22.4 Å². The van der Waals surface area contributed by atoms with E-state index >= 15 is 0 Å². The summed E-state index contributed by atoms with van der Waals surface area (Å²) in [7, 11) is 0. The van der Waals surface area contributed by atoms with Gasteiger partial charge in [0.1, 0.15) is 0 Å². The van der Waals surface area contributed by atoms with Crippen LogP contribution in [0.15, 0.2) is 59.7 Å². The van der Waals surface area contributed by atoms with Gasteiger partial charge in [-0.05, 0) is 84.8 Å². The summed E-state index contributed by atoms with van der Waals surface area (Å²) in [6, 6.07) is 18.9. The molecule has 0 heterocycles. The fourth-order valence-electron chi connectivity index (χ4n) is 8.91. The Kier molecular flexibility index (Phi) is 50.2. The van der Waals surface area contributed by atoms with Gasteiger partial charge in [0.05, 0.1) is 5.57 Å². The van der Waals surface area contributed by atoms with Crippen LogP contribution in [0, 0.1) is 13.8 Å². The summed E-state index contributed by atoms with van der Waals surface area (Å²) in [5, 5.41) is 0. The molecule has 0 aliphatic heterocycles. The Hall–Kier alpha value is -2.17. The van der Waals surface area contributed by atoms with Crippen molar-refractivity contribution < 1.29 is 21.3 Å². The molecule has 0 bridgehead atoms. The summed E-state index contributed by atoms with van der Waals surface area (Å²) in [6.45, 7) is 19.2. The molecule has 0 aliphatic rings. The topological polar surface area (TPSA) is 36.4 Å². The molecule has 0 N–H and O–H groups in total.